The van der Waals surface area contributed by atoms with E-state index in [-0.39, 0.29) is 11.8 Å². The molecule has 7 heteroatoms. The van der Waals surface area contributed by atoms with E-state index in [0.717, 1.165) is 24.1 Å². The van der Waals surface area contributed by atoms with Crippen LogP contribution >= 0.6 is 0 Å². The van der Waals surface area contributed by atoms with Crippen molar-refractivity contribution >= 4 is 0 Å². The van der Waals surface area contributed by atoms with Crippen LogP contribution in [-0.2, 0) is 28.9 Å². The number of benzene rings is 1. The minimum atomic E-state index is -0.680. The quantitative estimate of drug-likeness (QED) is 0.798. The van der Waals surface area contributed by atoms with Crippen LogP contribution in [0.2, 0.25) is 0 Å². The van der Waals surface area contributed by atoms with Crippen molar-refractivity contribution in [2.24, 2.45) is 0 Å². The third kappa shape index (κ3) is 4.86. The number of aryl methyl sites for hydroxylation is 2. The van der Waals surface area contributed by atoms with Crippen molar-refractivity contribution < 1.29 is 19.3 Å². The first-order valence-electron chi connectivity index (χ1n) is 10.2. The summed E-state index contributed by atoms with van der Waals surface area (Å²) in [7, 11) is 0. The van der Waals surface area contributed by atoms with Gasteiger partial charge in [-0.1, -0.05) is 18.2 Å². The van der Waals surface area contributed by atoms with Gasteiger partial charge in [0.2, 0.25) is 5.88 Å². The van der Waals surface area contributed by atoms with Gasteiger partial charge in [0, 0.05) is 18.2 Å². The molecule has 156 valence electrons. The summed E-state index contributed by atoms with van der Waals surface area (Å²) >= 11 is 0. The van der Waals surface area contributed by atoms with Gasteiger partial charge in [-0.05, 0) is 44.2 Å². The first-order valence-corrected chi connectivity index (χ1v) is 10.2. The van der Waals surface area contributed by atoms with Gasteiger partial charge in [-0.3, -0.25) is 4.57 Å². The van der Waals surface area contributed by atoms with Gasteiger partial charge in [-0.15, -0.1) is 0 Å². The SMILES string of the molecule is CC(C)(O)CCc1ccc2c(c1)CCn1c-2cc(OC[C@@H]2COCCO2)nc1=O. The van der Waals surface area contributed by atoms with Crippen LogP contribution < -0.4 is 10.4 Å². The lowest BCUT2D eigenvalue weighted by atomic mass is 9.92. The third-order valence-electron chi connectivity index (χ3n) is 5.37. The molecule has 1 aromatic heterocycles. The molecule has 0 unspecified atom stereocenters. The van der Waals surface area contributed by atoms with Crippen LogP contribution in [0.15, 0.2) is 29.1 Å². The zero-order valence-electron chi connectivity index (χ0n) is 17.0. The number of rotatable bonds is 6. The number of aromatic nitrogens is 2. The molecule has 0 spiro atoms. The highest BCUT2D eigenvalue weighted by Crippen LogP contribution is 2.31. The Morgan fingerprint density at radius 2 is 2.17 bits per heavy atom. The molecule has 1 aromatic carbocycles. The van der Waals surface area contributed by atoms with Crippen molar-refractivity contribution in [2.75, 3.05) is 26.4 Å². The Kier molecular flexibility index (Phi) is 5.72. The molecule has 1 fully saturated rings. The van der Waals surface area contributed by atoms with E-state index in [4.69, 9.17) is 14.2 Å². The van der Waals surface area contributed by atoms with Crippen molar-refractivity contribution in [1.82, 2.24) is 9.55 Å². The van der Waals surface area contributed by atoms with E-state index in [9.17, 15) is 9.90 Å². The molecule has 0 saturated carbocycles. The summed E-state index contributed by atoms with van der Waals surface area (Å²) in [4.78, 5) is 16.6. The molecule has 7 nitrogen and oxygen atoms in total. The molecule has 2 aliphatic rings. The number of aliphatic hydroxyl groups is 1. The number of hydrogen-bond donors (Lipinski definition) is 1. The Hall–Kier alpha value is -2.22. The van der Waals surface area contributed by atoms with E-state index in [1.54, 1.807) is 4.57 Å². The summed E-state index contributed by atoms with van der Waals surface area (Å²) in [5.74, 6) is 0.314. The van der Waals surface area contributed by atoms with Crippen molar-refractivity contribution in [3.63, 3.8) is 0 Å². The maximum absolute atomic E-state index is 12.5. The minimum absolute atomic E-state index is 0.144. The lowest BCUT2D eigenvalue weighted by Crippen LogP contribution is -2.34. The van der Waals surface area contributed by atoms with E-state index >= 15 is 0 Å². The molecule has 3 heterocycles. The average molecular weight is 400 g/mol. The Bertz CT molecular complexity index is 926. The summed E-state index contributed by atoms with van der Waals surface area (Å²) < 4.78 is 18.4. The van der Waals surface area contributed by atoms with E-state index < -0.39 is 5.60 Å². The molecule has 4 rings (SSSR count). The molecule has 1 N–H and O–H groups in total. The first-order chi connectivity index (χ1) is 13.9. The van der Waals surface area contributed by atoms with Crippen molar-refractivity contribution in [3.8, 4) is 17.1 Å². The fourth-order valence-corrected chi connectivity index (χ4v) is 3.75. The Labute approximate surface area is 170 Å². The molecule has 2 aromatic rings. The molecule has 0 radical (unpaired) electrons. The Morgan fingerprint density at radius 1 is 1.31 bits per heavy atom. The monoisotopic (exact) mass is 400 g/mol. The van der Waals surface area contributed by atoms with Gasteiger partial charge in [0.25, 0.3) is 0 Å². The van der Waals surface area contributed by atoms with E-state index in [0.29, 0.717) is 45.3 Å². The van der Waals surface area contributed by atoms with Gasteiger partial charge in [-0.2, -0.15) is 4.98 Å². The second-order valence-electron chi connectivity index (χ2n) is 8.35. The molecular formula is C22H28N2O5. The second kappa shape index (κ2) is 8.26. The summed E-state index contributed by atoms with van der Waals surface area (Å²) in [5.41, 5.74) is 3.29. The lowest BCUT2D eigenvalue weighted by Gasteiger charge is -2.24. The number of hydrogen-bond acceptors (Lipinski definition) is 6. The van der Waals surface area contributed by atoms with Crippen LogP contribution in [0.25, 0.3) is 11.3 Å². The van der Waals surface area contributed by atoms with Crippen molar-refractivity contribution in [2.45, 2.75) is 51.4 Å². The van der Waals surface area contributed by atoms with Crippen LogP contribution in [0.3, 0.4) is 0 Å². The van der Waals surface area contributed by atoms with Gasteiger partial charge in [0.1, 0.15) is 12.7 Å². The fraction of sp³-hybridized carbons (Fsp3) is 0.545. The topological polar surface area (TPSA) is 82.8 Å². The summed E-state index contributed by atoms with van der Waals surface area (Å²) in [5, 5.41) is 9.98. The molecule has 1 saturated heterocycles. The number of nitrogens with zero attached hydrogens (tertiary/aromatic N) is 2. The van der Waals surface area contributed by atoms with Gasteiger partial charge in [0.15, 0.2) is 0 Å². The predicted octanol–water partition coefficient (Wildman–Crippen LogP) is 1.96. The molecular weight excluding hydrogens is 372 g/mol. The van der Waals surface area contributed by atoms with E-state index in [2.05, 4.69) is 23.2 Å². The maximum Gasteiger partial charge on any atom is 0.351 e. The summed E-state index contributed by atoms with van der Waals surface area (Å²) in [6.45, 7) is 6.20. The zero-order chi connectivity index (χ0) is 20.4. The largest absolute Gasteiger partial charge is 0.475 e. The van der Waals surface area contributed by atoms with Gasteiger partial charge in [-0.25, -0.2) is 4.79 Å². The summed E-state index contributed by atoms with van der Waals surface area (Å²) in [6, 6.07) is 8.14. The van der Waals surface area contributed by atoms with Crippen molar-refractivity contribution in [3.05, 3.63) is 45.9 Å². The molecule has 2 aliphatic heterocycles. The van der Waals surface area contributed by atoms with Gasteiger partial charge in [0.05, 0.1) is 31.1 Å². The highest BCUT2D eigenvalue weighted by Gasteiger charge is 2.21. The second-order valence-corrected chi connectivity index (χ2v) is 8.35. The van der Waals surface area contributed by atoms with E-state index in [1.807, 2.05) is 19.9 Å². The number of fused-ring (bicyclic) bond motifs is 3. The van der Waals surface area contributed by atoms with Crippen molar-refractivity contribution in [1.29, 1.82) is 0 Å². The van der Waals surface area contributed by atoms with E-state index in [1.165, 1.54) is 11.1 Å². The van der Waals surface area contributed by atoms with Crippen LogP contribution in [0, 0.1) is 0 Å². The molecule has 29 heavy (non-hydrogen) atoms. The van der Waals surface area contributed by atoms with Crippen LogP contribution in [-0.4, -0.2) is 52.8 Å². The minimum Gasteiger partial charge on any atom is -0.475 e. The predicted molar refractivity (Wildman–Crippen MR) is 108 cm³/mol. The maximum atomic E-state index is 12.5. The standard InChI is InChI=1S/C22H28N2O5/c1-22(2,26)7-5-15-3-4-18-16(11-15)6-8-24-19(18)12-20(23-21(24)25)29-14-17-13-27-9-10-28-17/h3-4,11-12,17,26H,5-10,13-14H2,1-2H3/t17-/m0/s1. The average Bonchev–Trinajstić information content (AvgIpc) is 2.70. The molecule has 1 atom stereocenters. The first kappa shape index (κ1) is 20.1. The number of ether oxygens (including phenoxy) is 3. The molecule has 0 aliphatic carbocycles. The highest BCUT2D eigenvalue weighted by molar-refractivity contribution is 5.67. The normalized spacial score (nSPS) is 18.8. The molecule has 0 amide bonds. The van der Waals surface area contributed by atoms with Gasteiger partial charge < -0.3 is 19.3 Å². The Morgan fingerprint density at radius 3 is 2.93 bits per heavy atom. The third-order valence-corrected chi connectivity index (χ3v) is 5.37. The highest BCUT2D eigenvalue weighted by atomic mass is 16.6. The lowest BCUT2D eigenvalue weighted by molar-refractivity contribution is -0.102. The van der Waals surface area contributed by atoms with Crippen LogP contribution in [0.5, 0.6) is 5.88 Å². The summed E-state index contributed by atoms with van der Waals surface area (Å²) in [6.07, 6.45) is 2.16. The molecule has 0 bridgehead atoms. The van der Waals surface area contributed by atoms with Crippen LogP contribution in [0.1, 0.15) is 31.4 Å². The Balaban J connectivity index is 1.55. The van der Waals surface area contributed by atoms with Gasteiger partial charge >= 0.3 is 5.69 Å². The zero-order valence-corrected chi connectivity index (χ0v) is 17.0. The van der Waals surface area contributed by atoms with Crippen LogP contribution in [0.4, 0.5) is 0 Å². The smallest absolute Gasteiger partial charge is 0.351 e. The fourth-order valence-electron chi connectivity index (χ4n) is 3.75.